The van der Waals surface area contributed by atoms with Crippen molar-refractivity contribution in [3.63, 3.8) is 0 Å². The Bertz CT molecular complexity index is 1490. The minimum atomic E-state index is -1.35. The van der Waals surface area contributed by atoms with Gasteiger partial charge >= 0.3 is 5.97 Å². The number of halogens is 1. The summed E-state index contributed by atoms with van der Waals surface area (Å²) in [5.74, 6) is -2.04. The maximum absolute atomic E-state index is 14.2. The molecule has 2 aromatic carbocycles. The van der Waals surface area contributed by atoms with Crippen LogP contribution < -0.4 is 15.4 Å². The summed E-state index contributed by atoms with van der Waals surface area (Å²) in [5.41, 5.74) is 0.184. The minimum absolute atomic E-state index is 0.184. The Hall–Kier alpha value is -3.63. The number of aliphatic carboxylic acids is 1. The highest BCUT2D eigenvalue weighted by atomic mass is 35.5. The highest BCUT2D eigenvalue weighted by Crippen LogP contribution is 2.45. The van der Waals surface area contributed by atoms with Crippen molar-refractivity contribution in [3.05, 3.63) is 65.7 Å². The number of carboxylic acid groups (broad SMARTS) is 1. The zero-order valence-electron chi connectivity index (χ0n) is 23.0. The van der Waals surface area contributed by atoms with Crippen LogP contribution in [0.1, 0.15) is 44.9 Å². The van der Waals surface area contributed by atoms with E-state index in [1.165, 1.54) is 11.3 Å². The van der Waals surface area contributed by atoms with Gasteiger partial charge in [0.2, 0.25) is 11.8 Å². The van der Waals surface area contributed by atoms with Crippen molar-refractivity contribution >= 4 is 56.6 Å². The Labute approximate surface area is 252 Å². The van der Waals surface area contributed by atoms with E-state index in [1.807, 2.05) is 48.6 Å². The van der Waals surface area contributed by atoms with Gasteiger partial charge in [-0.2, -0.15) is 0 Å². The first-order valence-electron chi connectivity index (χ1n) is 14.4. The third-order valence-electron chi connectivity index (χ3n) is 8.33. The molecule has 0 spiro atoms. The Morgan fingerprint density at radius 2 is 2.02 bits per heavy atom. The molecule has 0 unspecified atom stereocenters. The van der Waals surface area contributed by atoms with E-state index in [0.717, 1.165) is 41.6 Å². The number of amides is 2. The summed E-state index contributed by atoms with van der Waals surface area (Å²) in [7, 11) is 0. The summed E-state index contributed by atoms with van der Waals surface area (Å²) in [6.07, 6.45) is 8.06. The summed E-state index contributed by atoms with van der Waals surface area (Å²) >= 11 is 7.63. The van der Waals surface area contributed by atoms with Gasteiger partial charge in [-0.25, -0.2) is 9.78 Å². The summed E-state index contributed by atoms with van der Waals surface area (Å²) in [6, 6.07) is 13.5. The average Bonchev–Trinajstić information content (AvgIpc) is 3.28. The molecule has 3 heterocycles. The molecule has 1 aromatic heterocycles. The Kier molecular flexibility index (Phi) is 8.09. The number of allylic oxidation sites excluding steroid dienone is 1. The summed E-state index contributed by atoms with van der Waals surface area (Å²) in [5, 5.41) is 17.3. The Balaban J connectivity index is 1.29. The van der Waals surface area contributed by atoms with Crippen LogP contribution in [0.2, 0.25) is 5.02 Å². The number of thiazole rings is 1. The maximum atomic E-state index is 14.2. The predicted octanol–water partition coefficient (Wildman–Crippen LogP) is 5.26. The normalized spacial score (nSPS) is 28.3. The van der Waals surface area contributed by atoms with Crippen LogP contribution in [0.5, 0.6) is 5.19 Å². The molecule has 42 heavy (non-hydrogen) atoms. The van der Waals surface area contributed by atoms with Gasteiger partial charge in [0, 0.05) is 23.0 Å². The number of aromatic nitrogens is 1. The first kappa shape index (κ1) is 28.5. The monoisotopic (exact) mass is 608 g/mol. The van der Waals surface area contributed by atoms with Crippen molar-refractivity contribution in [3.8, 4) is 5.19 Å². The second-order valence-corrected chi connectivity index (χ2v) is 12.7. The molecule has 3 N–H and O–H groups in total. The number of carboxylic acids is 1. The quantitative estimate of drug-likeness (QED) is 0.338. The van der Waals surface area contributed by atoms with Crippen LogP contribution in [0.3, 0.4) is 0 Å². The van der Waals surface area contributed by atoms with E-state index in [9.17, 15) is 19.5 Å². The lowest BCUT2D eigenvalue weighted by molar-refractivity contribution is -0.145. The van der Waals surface area contributed by atoms with Crippen LogP contribution >= 0.6 is 22.9 Å². The smallest absolute Gasteiger partial charge is 0.330 e. The molecule has 2 aliphatic heterocycles. The lowest BCUT2D eigenvalue weighted by Crippen LogP contribution is -2.55. The van der Waals surface area contributed by atoms with Gasteiger partial charge in [0.1, 0.15) is 23.7 Å². The molecule has 6 rings (SSSR count). The van der Waals surface area contributed by atoms with Crippen molar-refractivity contribution in [1.82, 2.24) is 15.2 Å². The Morgan fingerprint density at radius 1 is 1.17 bits per heavy atom. The second kappa shape index (κ2) is 11.9. The van der Waals surface area contributed by atoms with Gasteiger partial charge in [-0.3, -0.25) is 9.59 Å². The van der Waals surface area contributed by atoms with Crippen molar-refractivity contribution in [2.45, 2.75) is 68.7 Å². The van der Waals surface area contributed by atoms with E-state index < -0.39 is 35.6 Å². The molecule has 1 saturated heterocycles. The molecule has 11 heteroatoms. The highest BCUT2D eigenvalue weighted by molar-refractivity contribution is 7.20. The molecule has 3 aromatic rings. The van der Waals surface area contributed by atoms with Crippen molar-refractivity contribution < 1.29 is 24.2 Å². The lowest BCUT2D eigenvalue weighted by Gasteiger charge is -2.30. The van der Waals surface area contributed by atoms with Crippen LogP contribution in [-0.4, -0.2) is 63.0 Å². The SMILES string of the molecule is O=C1N[C@]2(C(=O)O)C[C@H]2C=CCCCCC[C@H](Nc2cccc(Cl)c2)C(=O)N2C[C@H](Oc3nc4ccccc4s3)C[C@@H]12. The molecule has 1 saturated carbocycles. The van der Waals surface area contributed by atoms with Gasteiger partial charge < -0.3 is 25.4 Å². The third kappa shape index (κ3) is 5.96. The number of hydrogen-bond donors (Lipinski definition) is 3. The number of carbonyl (C=O) groups is 3. The number of carbonyl (C=O) groups excluding carboxylic acids is 2. The average molecular weight is 609 g/mol. The van der Waals surface area contributed by atoms with Gasteiger partial charge in [-0.15, -0.1) is 0 Å². The number of anilines is 1. The fraction of sp³-hybridized carbons (Fsp3) is 0.419. The van der Waals surface area contributed by atoms with Gasteiger partial charge in [-0.05, 0) is 56.0 Å². The molecular weight excluding hydrogens is 576 g/mol. The van der Waals surface area contributed by atoms with E-state index in [-0.39, 0.29) is 24.8 Å². The van der Waals surface area contributed by atoms with E-state index in [0.29, 0.717) is 23.1 Å². The zero-order chi connectivity index (χ0) is 29.3. The molecule has 3 aliphatic rings. The van der Waals surface area contributed by atoms with Crippen molar-refractivity contribution in [2.75, 3.05) is 11.9 Å². The second-order valence-electron chi connectivity index (χ2n) is 11.3. The standard InChI is InChI=1S/C31H33ClN4O5S/c32-20-10-8-11-21(15-20)33-24-13-5-3-1-2-4-9-19-17-31(19,29(39)40)35-27(37)25-16-22(18-36(25)28(24)38)41-30-34-23-12-6-7-14-26(23)42-30/h4,6-12,14-15,19,22,24-25,33H,1-3,5,13,16-18H2,(H,35,37)(H,39,40)/t19-,22-,24+,25+,31-/m1/s1. The van der Waals surface area contributed by atoms with Gasteiger partial charge in [0.15, 0.2) is 0 Å². The summed E-state index contributed by atoms with van der Waals surface area (Å²) < 4.78 is 7.23. The molecule has 220 valence electrons. The zero-order valence-corrected chi connectivity index (χ0v) is 24.6. The fourth-order valence-electron chi connectivity index (χ4n) is 5.97. The van der Waals surface area contributed by atoms with Gasteiger partial charge in [0.05, 0.1) is 16.8 Å². The van der Waals surface area contributed by atoms with E-state index >= 15 is 0 Å². The Morgan fingerprint density at radius 3 is 2.83 bits per heavy atom. The maximum Gasteiger partial charge on any atom is 0.330 e. The number of fused-ring (bicyclic) bond motifs is 3. The largest absolute Gasteiger partial charge is 0.479 e. The summed E-state index contributed by atoms with van der Waals surface area (Å²) in [6.45, 7) is 0.184. The summed E-state index contributed by atoms with van der Waals surface area (Å²) in [4.78, 5) is 46.4. The number of nitrogens with one attached hydrogen (secondary N) is 2. The van der Waals surface area contributed by atoms with Crippen molar-refractivity contribution in [1.29, 1.82) is 0 Å². The number of nitrogens with zero attached hydrogens (tertiary/aromatic N) is 2. The van der Waals surface area contributed by atoms with Crippen LogP contribution in [0, 0.1) is 5.92 Å². The lowest BCUT2D eigenvalue weighted by atomic mass is 10.0. The molecule has 0 radical (unpaired) electrons. The number of hydrogen-bond acceptors (Lipinski definition) is 7. The number of benzene rings is 2. The predicted molar refractivity (Wildman–Crippen MR) is 162 cm³/mol. The minimum Gasteiger partial charge on any atom is -0.479 e. The molecular formula is C31H33ClN4O5S. The first-order valence-corrected chi connectivity index (χ1v) is 15.6. The molecule has 0 bridgehead atoms. The molecule has 1 aliphatic carbocycles. The third-order valence-corrected chi connectivity index (χ3v) is 9.49. The van der Waals surface area contributed by atoms with E-state index in [2.05, 4.69) is 15.6 Å². The number of para-hydroxylation sites is 1. The van der Waals surface area contributed by atoms with E-state index in [4.69, 9.17) is 16.3 Å². The first-order chi connectivity index (χ1) is 20.3. The molecule has 2 fully saturated rings. The highest BCUT2D eigenvalue weighted by Gasteiger charge is 2.61. The van der Waals surface area contributed by atoms with Gasteiger partial charge in [-0.1, -0.05) is 66.1 Å². The fourth-order valence-corrected chi connectivity index (χ4v) is 7.04. The van der Waals surface area contributed by atoms with Crippen molar-refractivity contribution in [2.24, 2.45) is 5.92 Å². The molecule has 9 nitrogen and oxygen atoms in total. The van der Waals surface area contributed by atoms with Crippen LogP contribution in [0.4, 0.5) is 5.69 Å². The van der Waals surface area contributed by atoms with Crippen LogP contribution in [0.25, 0.3) is 10.2 Å². The van der Waals surface area contributed by atoms with Crippen LogP contribution in [0.15, 0.2) is 60.7 Å². The van der Waals surface area contributed by atoms with Gasteiger partial charge in [0.25, 0.3) is 5.19 Å². The number of ether oxygens (including phenoxy) is 1. The van der Waals surface area contributed by atoms with E-state index in [1.54, 1.807) is 17.0 Å². The molecule has 2 amide bonds. The molecule has 5 atom stereocenters. The number of rotatable bonds is 5. The van der Waals surface area contributed by atoms with Crippen LogP contribution in [-0.2, 0) is 14.4 Å². The topological polar surface area (TPSA) is 121 Å².